The predicted octanol–water partition coefficient (Wildman–Crippen LogP) is 0.676. The first-order valence-corrected chi connectivity index (χ1v) is 4.79. The summed E-state index contributed by atoms with van der Waals surface area (Å²) in [5.74, 6) is -0.447. The first kappa shape index (κ1) is 11.4. The molecular weight excluding hydrogens is 196 g/mol. The minimum Gasteiger partial charge on any atom is -0.464 e. The summed E-state index contributed by atoms with van der Waals surface area (Å²) in [6, 6.07) is 2.31. The summed E-state index contributed by atoms with van der Waals surface area (Å²) in [7, 11) is 0. The molecule has 82 valence electrons. The third-order valence-corrected chi connectivity index (χ3v) is 1.95. The summed E-state index contributed by atoms with van der Waals surface area (Å²) in [5.41, 5.74) is 0.381. The molecule has 0 amide bonds. The van der Waals surface area contributed by atoms with Gasteiger partial charge in [-0.05, 0) is 26.8 Å². The average Bonchev–Trinajstić information content (AvgIpc) is 2.21. The number of carbonyl (C=O) groups excluding carboxylic acids is 1. The second kappa shape index (κ2) is 4.72. The van der Waals surface area contributed by atoms with Crippen LogP contribution in [0.5, 0.6) is 0 Å². The highest BCUT2D eigenvalue weighted by atomic mass is 16.5. The van der Waals surface area contributed by atoms with E-state index in [1.165, 1.54) is 6.07 Å². The molecule has 0 aromatic carbocycles. The molecule has 0 saturated heterocycles. The summed E-state index contributed by atoms with van der Waals surface area (Å²) in [6.07, 6.45) is 0. The van der Waals surface area contributed by atoms with E-state index in [2.05, 4.69) is 5.10 Å². The zero-order chi connectivity index (χ0) is 11.4. The summed E-state index contributed by atoms with van der Waals surface area (Å²) >= 11 is 0. The third kappa shape index (κ3) is 2.65. The smallest absolute Gasteiger partial charge is 0.330 e. The van der Waals surface area contributed by atoms with E-state index >= 15 is 0 Å². The number of aryl methyl sites for hydroxylation is 1. The van der Waals surface area contributed by atoms with Crippen LogP contribution in [0.3, 0.4) is 0 Å². The van der Waals surface area contributed by atoms with Crippen molar-refractivity contribution in [3.8, 4) is 0 Å². The third-order valence-electron chi connectivity index (χ3n) is 1.95. The average molecular weight is 210 g/mol. The number of carbonyl (C=O) groups is 1. The molecule has 1 atom stereocenters. The molecule has 0 aliphatic rings. The maximum Gasteiger partial charge on any atom is 0.330 e. The molecule has 0 radical (unpaired) electrons. The first-order valence-electron chi connectivity index (χ1n) is 4.79. The van der Waals surface area contributed by atoms with Gasteiger partial charge >= 0.3 is 5.97 Å². The zero-order valence-corrected chi connectivity index (χ0v) is 9.06. The van der Waals surface area contributed by atoms with E-state index < -0.39 is 12.0 Å². The fourth-order valence-corrected chi connectivity index (χ4v) is 1.16. The molecule has 0 aliphatic carbocycles. The topological polar surface area (TPSA) is 61.2 Å². The standard InChI is InChI=1S/C10H14N2O3/c1-4-15-10(14)8(3)12-9(13)6-5-7(2)11-12/h5-6,8H,4H2,1-3H3. The molecule has 1 aromatic rings. The van der Waals surface area contributed by atoms with Crippen molar-refractivity contribution in [1.82, 2.24) is 9.78 Å². The Morgan fingerprint density at radius 2 is 2.27 bits per heavy atom. The molecule has 5 nitrogen and oxygen atoms in total. The maximum absolute atomic E-state index is 11.4. The van der Waals surface area contributed by atoms with Crippen molar-refractivity contribution in [2.24, 2.45) is 0 Å². The van der Waals surface area contributed by atoms with Gasteiger partial charge in [0, 0.05) is 6.07 Å². The van der Waals surface area contributed by atoms with Gasteiger partial charge in [0.05, 0.1) is 12.3 Å². The zero-order valence-electron chi connectivity index (χ0n) is 9.06. The number of ether oxygens (including phenoxy) is 1. The van der Waals surface area contributed by atoms with Gasteiger partial charge in [-0.3, -0.25) is 4.79 Å². The Balaban J connectivity index is 3.00. The van der Waals surface area contributed by atoms with Crippen LogP contribution in [0.1, 0.15) is 25.6 Å². The fourth-order valence-electron chi connectivity index (χ4n) is 1.16. The second-order valence-corrected chi connectivity index (χ2v) is 3.19. The summed E-state index contributed by atoms with van der Waals surface area (Å²) in [5, 5.41) is 3.98. The van der Waals surface area contributed by atoms with Crippen molar-refractivity contribution >= 4 is 5.97 Å². The first-order chi connectivity index (χ1) is 7.06. The second-order valence-electron chi connectivity index (χ2n) is 3.19. The molecular formula is C10H14N2O3. The Hall–Kier alpha value is -1.65. The van der Waals surface area contributed by atoms with E-state index in [0.717, 1.165) is 4.68 Å². The van der Waals surface area contributed by atoms with Crippen LogP contribution < -0.4 is 5.56 Å². The number of hydrogen-bond acceptors (Lipinski definition) is 4. The Labute approximate surface area is 87.7 Å². The lowest BCUT2D eigenvalue weighted by atomic mass is 10.3. The Kier molecular flexibility index (Phi) is 3.60. The molecule has 1 aromatic heterocycles. The van der Waals surface area contributed by atoms with Crippen LogP contribution in [0, 0.1) is 6.92 Å². The number of nitrogens with zero attached hydrogens (tertiary/aromatic N) is 2. The van der Waals surface area contributed by atoms with Crippen molar-refractivity contribution < 1.29 is 9.53 Å². The fraction of sp³-hybridized carbons (Fsp3) is 0.500. The van der Waals surface area contributed by atoms with Crippen molar-refractivity contribution in [3.63, 3.8) is 0 Å². The molecule has 0 bridgehead atoms. The van der Waals surface area contributed by atoms with E-state index in [-0.39, 0.29) is 5.56 Å². The number of rotatable bonds is 3. The van der Waals surface area contributed by atoms with Gasteiger partial charge in [-0.2, -0.15) is 5.10 Å². The normalized spacial score (nSPS) is 12.2. The summed E-state index contributed by atoms with van der Waals surface area (Å²) < 4.78 is 5.95. The van der Waals surface area contributed by atoms with Crippen molar-refractivity contribution in [2.75, 3.05) is 6.61 Å². The van der Waals surface area contributed by atoms with E-state index in [9.17, 15) is 9.59 Å². The summed E-state index contributed by atoms with van der Waals surface area (Å²) in [4.78, 5) is 22.8. The van der Waals surface area contributed by atoms with Crippen LogP contribution in [0.4, 0.5) is 0 Å². The molecule has 0 saturated carbocycles. The van der Waals surface area contributed by atoms with Gasteiger partial charge in [0.1, 0.15) is 0 Å². The quantitative estimate of drug-likeness (QED) is 0.688. The molecule has 0 N–H and O–H groups in total. The lowest BCUT2D eigenvalue weighted by Crippen LogP contribution is -2.31. The van der Waals surface area contributed by atoms with Crippen LogP contribution in [-0.4, -0.2) is 22.4 Å². The lowest BCUT2D eigenvalue weighted by Gasteiger charge is -2.12. The molecule has 0 spiro atoms. The number of aromatic nitrogens is 2. The Bertz CT molecular complexity index is 411. The van der Waals surface area contributed by atoms with Gasteiger partial charge in [0.15, 0.2) is 6.04 Å². The largest absolute Gasteiger partial charge is 0.464 e. The highest BCUT2D eigenvalue weighted by Crippen LogP contribution is 2.03. The molecule has 0 aliphatic heterocycles. The molecule has 1 heterocycles. The number of hydrogen-bond donors (Lipinski definition) is 0. The van der Waals surface area contributed by atoms with Crippen LogP contribution >= 0.6 is 0 Å². The number of esters is 1. The van der Waals surface area contributed by atoms with Crippen LogP contribution in [0.2, 0.25) is 0 Å². The van der Waals surface area contributed by atoms with Gasteiger partial charge in [-0.1, -0.05) is 0 Å². The maximum atomic E-state index is 11.4. The minimum absolute atomic E-state index is 0.295. The molecule has 1 unspecified atom stereocenters. The van der Waals surface area contributed by atoms with Crippen LogP contribution in [-0.2, 0) is 9.53 Å². The van der Waals surface area contributed by atoms with Crippen LogP contribution in [0.25, 0.3) is 0 Å². The lowest BCUT2D eigenvalue weighted by molar-refractivity contribution is -0.147. The van der Waals surface area contributed by atoms with Crippen LogP contribution in [0.15, 0.2) is 16.9 Å². The Morgan fingerprint density at radius 3 is 2.87 bits per heavy atom. The predicted molar refractivity (Wildman–Crippen MR) is 54.6 cm³/mol. The van der Waals surface area contributed by atoms with Gasteiger partial charge < -0.3 is 4.74 Å². The Morgan fingerprint density at radius 1 is 1.60 bits per heavy atom. The van der Waals surface area contributed by atoms with E-state index in [1.807, 2.05) is 0 Å². The van der Waals surface area contributed by atoms with Crippen molar-refractivity contribution in [2.45, 2.75) is 26.8 Å². The van der Waals surface area contributed by atoms with Crippen molar-refractivity contribution in [1.29, 1.82) is 0 Å². The van der Waals surface area contributed by atoms with E-state index in [0.29, 0.717) is 12.3 Å². The van der Waals surface area contributed by atoms with Gasteiger partial charge in [-0.15, -0.1) is 0 Å². The van der Waals surface area contributed by atoms with E-state index in [4.69, 9.17) is 4.74 Å². The molecule has 0 fully saturated rings. The summed E-state index contributed by atoms with van der Waals surface area (Å²) in [6.45, 7) is 5.36. The highest BCUT2D eigenvalue weighted by molar-refractivity contribution is 5.73. The van der Waals surface area contributed by atoms with E-state index in [1.54, 1.807) is 26.8 Å². The van der Waals surface area contributed by atoms with Gasteiger partial charge in [0.2, 0.25) is 0 Å². The molecule has 1 rings (SSSR count). The monoisotopic (exact) mass is 210 g/mol. The highest BCUT2D eigenvalue weighted by Gasteiger charge is 2.17. The van der Waals surface area contributed by atoms with Gasteiger partial charge in [0.25, 0.3) is 5.56 Å². The SMILES string of the molecule is CCOC(=O)C(C)n1nc(C)ccc1=O. The minimum atomic E-state index is -0.683. The molecule has 15 heavy (non-hydrogen) atoms. The van der Waals surface area contributed by atoms with Crippen molar-refractivity contribution in [3.05, 3.63) is 28.2 Å². The molecule has 5 heteroatoms. The van der Waals surface area contributed by atoms with Gasteiger partial charge in [-0.25, -0.2) is 9.48 Å².